The predicted octanol–water partition coefficient (Wildman–Crippen LogP) is 2.68. The van der Waals surface area contributed by atoms with E-state index in [1.54, 1.807) is 0 Å². The van der Waals surface area contributed by atoms with E-state index >= 15 is 0 Å². The molecule has 1 heterocycles. The average Bonchev–Trinajstić information content (AvgIpc) is 2.51. The molecule has 0 amide bonds. The second-order valence-electron chi connectivity index (χ2n) is 2.50. The first kappa shape index (κ1) is 8.87. The van der Waals surface area contributed by atoms with Gasteiger partial charge in [-0.1, -0.05) is 35.4 Å². The molecule has 1 rings (SSSR count). The average molecular weight is 178 g/mol. The number of nitrogens with zero attached hydrogens (tertiary/aromatic N) is 2. The van der Waals surface area contributed by atoms with Gasteiger partial charge in [0.1, 0.15) is 5.69 Å². The van der Waals surface area contributed by atoms with E-state index < -0.39 is 0 Å². The minimum absolute atomic E-state index is 0.831. The van der Waals surface area contributed by atoms with Crippen LogP contribution in [-0.4, -0.2) is 9.59 Å². The van der Waals surface area contributed by atoms with E-state index in [-0.39, 0.29) is 0 Å². The molecular weight excluding hydrogens is 168 g/mol. The molecule has 0 saturated carbocycles. The maximum absolute atomic E-state index is 3.88. The molecule has 1 aromatic rings. The Morgan fingerprint density at radius 1 is 1.50 bits per heavy atom. The van der Waals surface area contributed by atoms with Gasteiger partial charge < -0.3 is 0 Å². The summed E-state index contributed by atoms with van der Waals surface area (Å²) in [5.41, 5.74) is 2.70. The van der Waals surface area contributed by atoms with Crippen molar-refractivity contribution in [1.29, 1.82) is 0 Å². The molecule has 0 bridgehead atoms. The molecule has 1 aromatic heterocycles. The summed E-state index contributed by atoms with van der Waals surface area (Å²) in [5, 5.41) is 5.75. The molecule has 0 saturated heterocycles. The summed E-state index contributed by atoms with van der Waals surface area (Å²) in [6.07, 6.45) is 3.79. The van der Waals surface area contributed by atoms with Gasteiger partial charge in [0.2, 0.25) is 0 Å². The molecule has 0 aliphatic rings. The van der Waals surface area contributed by atoms with Crippen LogP contribution >= 0.6 is 11.5 Å². The molecule has 0 radical (unpaired) electrons. The van der Waals surface area contributed by atoms with Crippen LogP contribution in [0.3, 0.4) is 0 Å². The number of hydrogen-bond donors (Lipinski definition) is 0. The molecule has 0 spiro atoms. The summed E-state index contributed by atoms with van der Waals surface area (Å²) in [6, 6.07) is 0. The molecule has 2 nitrogen and oxygen atoms in total. The van der Waals surface area contributed by atoms with Gasteiger partial charge in [-0.3, -0.25) is 0 Å². The highest BCUT2D eigenvalue weighted by atomic mass is 32.1. The van der Waals surface area contributed by atoms with Crippen molar-refractivity contribution in [2.24, 2.45) is 0 Å². The van der Waals surface area contributed by atoms with Crippen LogP contribution in [0.4, 0.5) is 0 Å². The minimum atomic E-state index is 0.831. The highest BCUT2D eigenvalue weighted by Crippen LogP contribution is 2.11. The quantitative estimate of drug-likeness (QED) is 0.665. The zero-order chi connectivity index (χ0) is 8.97. The van der Waals surface area contributed by atoms with E-state index in [0.29, 0.717) is 0 Å². The van der Waals surface area contributed by atoms with Crippen LogP contribution in [0.25, 0.3) is 5.57 Å². The molecule has 0 aliphatic carbocycles. The van der Waals surface area contributed by atoms with Crippen LogP contribution in [0.1, 0.15) is 12.6 Å². The van der Waals surface area contributed by atoms with Gasteiger partial charge in [0.25, 0.3) is 0 Å². The Morgan fingerprint density at radius 3 is 2.75 bits per heavy atom. The van der Waals surface area contributed by atoms with E-state index in [2.05, 4.69) is 22.7 Å². The van der Waals surface area contributed by atoms with Crippen LogP contribution in [0.5, 0.6) is 0 Å². The van der Waals surface area contributed by atoms with Crippen molar-refractivity contribution in [2.75, 3.05) is 0 Å². The minimum Gasteiger partial charge on any atom is -0.138 e. The molecular formula is C9H10N2S. The van der Waals surface area contributed by atoms with Crippen LogP contribution in [-0.2, 0) is 0 Å². The number of allylic oxidation sites excluding steroid dienone is 4. The van der Waals surface area contributed by atoms with Crippen molar-refractivity contribution in [2.45, 2.75) is 6.92 Å². The third-order valence-corrected chi connectivity index (χ3v) is 1.76. The summed E-state index contributed by atoms with van der Waals surface area (Å²) in [7, 11) is 0. The molecule has 0 aliphatic heterocycles. The highest BCUT2D eigenvalue weighted by Gasteiger charge is 1.96. The lowest BCUT2D eigenvalue weighted by molar-refractivity contribution is 1.13. The standard InChI is InChI=1S/C9H10N2S/c1-7(2)4-5-8(3)9-6-12-11-10-9/h4-6H,1,3H2,2H3/b5-4-. The van der Waals surface area contributed by atoms with Gasteiger partial charge in [-0.2, -0.15) is 0 Å². The van der Waals surface area contributed by atoms with E-state index in [1.165, 1.54) is 11.5 Å². The first-order valence-corrected chi connectivity index (χ1v) is 4.33. The zero-order valence-corrected chi connectivity index (χ0v) is 7.77. The van der Waals surface area contributed by atoms with Crippen LogP contribution < -0.4 is 0 Å². The third kappa shape index (κ3) is 2.43. The van der Waals surface area contributed by atoms with Crippen molar-refractivity contribution < 1.29 is 0 Å². The number of aromatic nitrogens is 2. The fraction of sp³-hybridized carbons (Fsp3) is 0.111. The van der Waals surface area contributed by atoms with Gasteiger partial charge >= 0.3 is 0 Å². The Balaban J connectivity index is 2.68. The molecule has 0 fully saturated rings. The fourth-order valence-corrected chi connectivity index (χ4v) is 1.11. The van der Waals surface area contributed by atoms with Gasteiger partial charge in [0, 0.05) is 5.38 Å². The lowest BCUT2D eigenvalue weighted by atomic mass is 10.2. The molecule has 0 unspecified atom stereocenters. The lowest BCUT2D eigenvalue weighted by Crippen LogP contribution is -1.78. The molecule has 3 heteroatoms. The molecule has 0 aromatic carbocycles. The van der Waals surface area contributed by atoms with Crippen LogP contribution in [0.2, 0.25) is 0 Å². The molecule has 0 N–H and O–H groups in total. The monoisotopic (exact) mass is 178 g/mol. The molecule has 12 heavy (non-hydrogen) atoms. The molecule has 0 atom stereocenters. The second kappa shape index (κ2) is 3.97. The Bertz CT molecular complexity index is 309. The van der Waals surface area contributed by atoms with Gasteiger partial charge in [-0.25, -0.2) is 0 Å². The van der Waals surface area contributed by atoms with Crippen LogP contribution in [0.15, 0.2) is 36.3 Å². The van der Waals surface area contributed by atoms with E-state index in [4.69, 9.17) is 0 Å². The summed E-state index contributed by atoms with van der Waals surface area (Å²) < 4.78 is 3.74. The van der Waals surface area contributed by atoms with E-state index in [1.807, 2.05) is 24.5 Å². The second-order valence-corrected chi connectivity index (χ2v) is 3.10. The zero-order valence-electron chi connectivity index (χ0n) is 6.95. The largest absolute Gasteiger partial charge is 0.138 e. The normalized spacial score (nSPS) is 10.4. The Kier molecular flexibility index (Phi) is 2.94. The maximum Gasteiger partial charge on any atom is 0.105 e. The maximum atomic E-state index is 3.88. The first-order valence-electron chi connectivity index (χ1n) is 3.50. The van der Waals surface area contributed by atoms with Crippen molar-refractivity contribution in [3.8, 4) is 0 Å². The van der Waals surface area contributed by atoms with Gasteiger partial charge in [0.05, 0.1) is 0 Å². The smallest absolute Gasteiger partial charge is 0.105 e. The van der Waals surface area contributed by atoms with E-state index in [0.717, 1.165) is 16.8 Å². The fourth-order valence-electron chi connectivity index (χ4n) is 0.633. The topological polar surface area (TPSA) is 25.8 Å². The number of rotatable bonds is 3. The lowest BCUT2D eigenvalue weighted by Gasteiger charge is -1.91. The van der Waals surface area contributed by atoms with Crippen molar-refractivity contribution in [3.63, 3.8) is 0 Å². The van der Waals surface area contributed by atoms with Crippen molar-refractivity contribution in [3.05, 3.63) is 42.0 Å². The summed E-state index contributed by atoms with van der Waals surface area (Å²) in [4.78, 5) is 0. The SMILES string of the molecule is C=C(C)/C=C\C(=C)c1csnn1. The third-order valence-electron chi connectivity index (χ3n) is 1.26. The Morgan fingerprint density at radius 2 is 2.25 bits per heavy atom. The van der Waals surface area contributed by atoms with Gasteiger partial charge in [0.15, 0.2) is 0 Å². The Hall–Kier alpha value is -1.22. The van der Waals surface area contributed by atoms with Crippen LogP contribution in [0, 0.1) is 0 Å². The summed E-state index contributed by atoms with van der Waals surface area (Å²) in [6.45, 7) is 9.53. The molecule has 62 valence electrons. The van der Waals surface area contributed by atoms with Crippen molar-refractivity contribution in [1.82, 2.24) is 9.59 Å². The van der Waals surface area contributed by atoms with E-state index in [9.17, 15) is 0 Å². The Labute approximate surface area is 76.1 Å². The van der Waals surface area contributed by atoms with Gasteiger partial charge in [-0.05, 0) is 24.0 Å². The highest BCUT2D eigenvalue weighted by molar-refractivity contribution is 7.03. The van der Waals surface area contributed by atoms with Crippen molar-refractivity contribution >= 4 is 17.1 Å². The predicted molar refractivity (Wildman–Crippen MR) is 52.9 cm³/mol. The number of hydrogen-bond acceptors (Lipinski definition) is 3. The summed E-state index contributed by atoms with van der Waals surface area (Å²) >= 11 is 1.32. The first-order chi connectivity index (χ1) is 5.70. The van der Waals surface area contributed by atoms with Gasteiger partial charge in [-0.15, -0.1) is 5.10 Å². The summed E-state index contributed by atoms with van der Waals surface area (Å²) in [5.74, 6) is 0.